The van der Waals surface area contributed by atoms with Crippen molar-refractivity contribution in [3.63, 3.8) is 0 Å². The molecule has 0 aliphatic rings. The number of hydrogen-bond acceptors (Lipinski definition) is 6. The van der Waals surface area contributed by atoms with E-state index in [9.17, 15) is 10.1 Å². The highest BCUT2D eigenvalue weighted by Crippen LogP contribution is 2.23. The zero-order chi connectivity index (χ0) is 15.1. The van der Waals surface area contributed by atoms with Gasteiger partial charge in [0.05, 0.1) is 4.92 Å². The van der Waals surface area contributed by atoms with Crippen LogP contribution in [-0.2, 0) is 6.42 Å². The molecule has 110 valence electrons. The van der Waals surface area contributed by atoms with Crippen LogP contribution in [0.2, 0.25) is 0 Å². The van der Waals surface area contributed by atoms with Crippen molar-refractivity contribution < 1.29 is 4.92 Å². The summed E-state index contributed by atoms with van der Waals surface area (Å²) >= 11 is 0. The van der Waals surface area contributed by atoms with Gasteiger partial charge in [0.15, 0.2) is 0 Å². The molecule has 7 nitrogen and oxygen atoms in total. The van der Waals surface area contributed by atoms with E-state index in [1.165, 1.54) is 6.07 Å². The Bertz CT molecular complexity index is 604. The van der Waals surface area contributed by atoms with Crippen LogP contribution in [0, 0.1) is 10.1 Å². The van der Waals surface area contributed by atoms with Gasteiger partial charge in [-0.3, -0.25) is 15.1 Å². The third-order valence-corrected chi connectivity index (χ3v) is 2.86. The van der Waals surface area contributed by atoms with Crippen LogP contribution in [0.3, 0.4) is 0 Å². The Balaban J connectivity index is 2.06. The highest BCUT2D eigenvalue weighted by molar-refractivity contribution is 5.60. The summed E-state index contributed by atoms with van der Waals surface area (Å²) in [6, 6.07) is 6.89. The number of nitrogens with one attached hydrogen (secondary N) is 2. The number of anilines is 2. The van der Waals surface area contributed by atoms with Gasteiger partial charge >= 0.3 is 5.69 Å². The maximum absolute atomic E-state index is 11.0. The predicted molar refractivity (Wildman–Crippen MR) is 81.5 cm³/mol. The van der Waals surface area contributed by atoms with Crippen LogP contribution in [0.4, 0.5) is 17.3 Å². The van der Waals surface area contributed by atoms with Crippen molar-refractivity contribution in [1.29, 1.82) is 0 Å². The van der Waals surface area contributed by atoms with Crippen molar-refractivity contribution in [2.24, 2.45) is 0 Å². The summed E-state index contributed by atoms with van der Waals surface area (Å²) in [4.78, 5) is 18.9. The smallest absolute Gasteiger partial charge is 0.311 e. The van der Waals surface area contributed by atoms with E-state index in [0.717, 1.165) is 12.0 Å². The second kappa shape index (κ2) is 7.18. The van der Waals surface area contributed by atoms with Crippen molar-refractivity contribution in [3.05, 3.63) is 52.3 Å². The average molecular weight is 287 g/mol. The average Bonchev–Trinajstić information content (AvgIpc) is 2.49. The number of nitrogens with zero attached hydrogens (tertiary/aromatic N) is 3. The SMILES string of the molecule is CCNc1ccc([N+](=O)[O-])c(NCCc2cccnc2)n1. The minimum atomic E-state index is -0.435. The summed E-state index contributed by atoms with van der Waals surface area (Å²) in [5.41, 5.74) is 1.04. The van der Waals surface area contributed by atoms with Crippen molar-refractivity contribution >= 4 is 17.3 Å². The van der Waals surface area contributed by atoms with Crippen LogP contribution in [0.1, 0.15) is 12.5 Å². The van der Waals surface area contributed by atoms with E-state index in [-0.39, 0.29) is 11.5 Å². The van der Waals surface area contributed by atoms with E-state index in [0.29, 0.717) is 18.9 Å². The molecule has 0 amide bonds. The van der Waals surface area contributed by atoms with Gasteiger partial charge in [0.1, 0.15) is 5.82 Å². The molecule has 2 rings (SSSR count). The first-order valence-corrected chi connectivity index (χ1v) is 6.72. The normalized spacial score (nSPS) is 10.1. The lowest BCUT2D eigenvalue weighted by Gasteiger charge is -2.08. The number of nitro groups is 1. The highest BCUT2D eigenvalue weighted by Gasteiger charge is 2.15. The first kappa shape index (κ1) is 14.7. The van der Waals surface area contributed by atoms with Crippen LogP contribution < -0.4 is 10.6 Å². The molecule has 0 spiro atoms. The number of aromatic nitrogens is 2. The molecule has 0 aliphatic carbocycles. The second-order valence-electron chi connectivity index (χ2n) is 4.39. The van der Waals surface area contributed by atoms with Gasteiger partial charge in [-0.2, -0.15) is 0 Å². The molecule has 0 radical (unpaired) electrons. The van der Waals surface area contributed by atoms with Crippen LogP contribution in [0.5, 0.6) is 0 Å². The summed E-state index contributed by atoms with van der Waals surface area (Å²) in [7, 11) is 0. The number of rotatable bonds is 7. The van der Waals surface area contributed by atoms with Crippen molar-refractivity contribution in [2.75, 3.05) is 23.7 Å². The Labute approximate surface area is 122 Å². The van der Waals surface area contributed by atoms with Gasteiger partial charge in [-0.25, -0.2) is 4.98 Å². The molecule has 2 heterocycles. The topological polar surface area (TPSA) is 93.0 Å². The monoisotopic (exact) mass is 287 g/mol. The summed E-state index contributed by atoms with van der Waals surface area (Å²) in [5, 5.41) is 17.1. The molecular formula is C14H17N5O2. The molecule has 7 heteroatoms. The van der Waals surface area contributed by atoms with Gasteiger partial charge in [-0.05, 0) is 31.0 Å². The van der Waals surface area contributed by atoms with Crippen molar-refractivity contribution in [1.82, 2.24) is 9.97 Å². The summed E-state index contributed by atoms with van der Waals surface area (Å²) in [5.74, 6) is 0.898. The Morgan fingerprint density at radius 1 is 1.29 bits per heavy atom. The van der Waals surface area contributed by atoms with Gasteiger partial charge in [-0.15, -0.1) is 0 Å². The molecule has 2 N–H and O–H groups in total. The fourth-order valence-corrected chi connectivity index (χ4v) is 1.88. The van der Waals surface area contributed by atoms with Crippen molar-refractivity contribution in [3.8, 4) is 0 Å². The fraction of sp³-hybridized carbons (Fsp3) is 0.286. The Kier molecular flexibility index (Phi) is 5.03. The van der Waals surface area contributed by atoms with E-state index in [1.54, 1.807) is 18.5 Å². The molecule has 2 aromatic heterocycles. The van der Waals surface area contributed by atoms with Crippen LogP contribution >= 0.6 is 0 Å². The summed E-state index contributed by atoms with van der Waals surface area (Å²) in [6.07, 6.45) is 4.21. The van der Waals surface area contributed by atoms with E-state index < -0.39 is 4.92 Å². The van der Waals surface area contributed by atoms with E-state index >= 15 is 0 Å². The minimum absolute atomic E-state index is 0.0251. The standard InChI is InChI=1S/C14H17N5O2/c1-2-16-13-6-5-12(19(20)21)14(18-13)17-9-7-11-4-3-8-15-10-11/h3-6,8,10H,2,7,9H2,1H3,(H2,16,17,18). The van der Waals surface area contributed by atoms with E-state index in [2.05, 4.69) is 20.6 Å². The molecule has 0 atom stereocenters. The Morgan fingerprint density at radius 2 is 2.14 bits per heavy atom. The Morgan fingerprint density at radius 3 is 2.81 bits per heavy atom. The zero-order valence-corrected chi connectivity index (χ0v) is 11.7. The molecule has 0 unspecified atom stereocenters. The zero-order valence-electron chi connectivity index (χ0n) is 11.7. The molecule has 2 aromatic rings. The van der Waals surface area contributed by atoms with Gasteiger partial charge in [-0.1, -0.05) is 6.07 Å². The molecule has 0 aliphatic heterocycles. The molecular weight excluding hydrogens is 270 g/mol. The lowest BCUT2D eigenvalue weighted by atomic mass is 10.2. The van der Waals surface area contributed by atoms with Crippen LogP contribution in [0.15, 0.2) is 36.7 Å². The lowest BCUT2D eigenvalue weighted by Crippen LogP contribution is -2.10. The lowest BCUT2D eigenvalue weighted by molar-refractivity contribution is -0.384. The molecule has 0 saturated carbocycles. The molecule has 21 heavy (non-hydrogen) atoms. The largest absolute Gasteiger partial charge is 0.370 e. The van der Waals surface area contributed by atoms with E-state index in [4.69, 9.17) is 0 Å². The quantitative estimate of drug-likeness (QED) is 0.600. The maximum Gasteiger partial charge on any atom is 0.311 e. The van der Waals surface area contributed by atoms with Gasteiger partial charge in [0.25, 0.3) is 0 Å². The fourth-order valence-electron chi connectivity index (χ4n) is 1.88. The first-order valence-electron chi connectivity index (χ1n) is 6.72. The third-order valence-electron chi connectivity index (χ3n) is 2.86. The highest BCUT2D eigenvalue weighted by atomic mass is 16.6. The molecule has 0 bridgehead atoms. The van der Waals surface area contributed by atoms with Gasteiger partial charge < -0.3 is 10.6 Å². The van der Waals surface area contributed by atoms with Gasteiger partial charge in [0, 0.05) is 31.5 Å². The van der Waals surface area contributed by atoms with Crippen LogP contribution in [-0.4, -0.2) is 28.0 Å². The maximum atomic E-state index is 11.0. The minimum Gasteiger partial charge on any atom is -0.370 e. The third kappa shape index (κ3) is 4.13. The number of hydrogen-bond donors (Lipinski definition) is 2. The Hall–Kier alpha value is -2.70. The van der Waals surface area contributed by atoms with Crippen molar-refractivity contribution in [2.45, 2.75) is 13.3 Å². The first-order chi connectivity index (χ1) is 10.2. The predicted octanol–water partition coefficient (Wildman–Crippen LogP) is 2.47. The molecule has 0 aromatic carbocycles. The summed E-state index contributed by atoms with van der Waals surface area (Å²) in [6.45, 7) is 3.20. The molecule has 0 saturated heterocycles. The van der Waals surface area contributed by atoms with E-state index in [1.807, 2.05) is 19.1 Å². The number of pyridine rings is 2. The van der Waals surface area contributed by atoms with Gasteiger partial charge in [0.2, 0.25) is 5.82 Å². The summed E-state index contributed by atoms with van der Waals surface area (Å²) < 4.78 is 0. The second-order valence-corrected chi connectivity index (χ2v) is 4.39. The molecule has 0 fully saturated rings. The van der Waals surface area contributed by atoms with Crippen LogP contribution in [0.25, 0.3) is 0 Å².